The third-order valence-corrected chi connectivity index (χ3v) is 3.40. The largest absolute Gasteiger partial charge is 0.389 e. The van der Waals surface area contributed by atoms with Crippen molar-refractivity contribution in [3.63, 3.8) is 0 Å². The van der Waals surface area contributed by atoms with E-state index in [2.05, 4.69) is 20.9 Å². The molecular weight excluding hydrogens is 280 g/mol. The van der Waals surface area contributed by atoms with E-state index in [1.165, 1.54) is 11.3 Å². The summed E-state index contributed by atoms with van der Waals surface area (Å²) >= 11 is 9.80. The minimum absolute atomic E-state index is 0.709. The van der Waals surface area contributed by atoms with Crippen molar-refractivity contribution in [1.29, 1.82) is 0 Å². The second-order valence-electron chi connectivity index (χ2n) is 2.76. The molecule has 1 aromatic heterocycles. The fraction of sp³-hybridized carbons (Fsp3) is 0. The maximum atomic E-state index is 5.82. The molecule has 0 spiro atoms. The van der Waals surface area contributed by atoms with Crippen LogP contribution in [0.15, 0.2) is 28.7 Å². The minimum Gasteiger partial charge on any atom is -0.389 e. The highest BCUT2D eigenvalue weighted by molar-refractivity contribution is 9.10. The summed E-state index contributed by atoms with van der Waals surface area (Å²) in [5.41, 5.74) is 7.78. The quantitative estimate of drug-likeness (QED) is 0.783. The molecule has 0 aliphatic rings. The molecule has 0 saturated heterocycles. The smallest absolute Gasteiger partial charge is 0.160 e. The van der Waals surface area contributed by atoms with Crippen LogP contribution < -0.4 is 5.73 Å². The highest BCUT2D eigenvalue weighted by atomic mass is 79.9. The molecule has 0 saturated carbocycles. The minimum atomic E-state index is 0.709. The van der Waals surface area contributed by atoms with Crippen molar-refractivity contribution < 1.29 is 0 Å². The van der Waals surface area contributed by atoms with Gasteiger partial charge in [0.1, 0.15) is 5.00 Å². The number of rotatable bonds is 1. The van der Waals surface area contributed by atoms with E-state index >= 15 is 0 Å². The Labute approximate surface area is 98.9 Å². The van der Waals surface area contributed by atoms with Gasteiger partial charge in [-0.05, 0) is 24.4 Å². The van der Waals surface area contributed by atoms with Crippen molar-refractivity contribution >= 4 is 44.5 Å². The lowest BCUT2D eigenvalue weighted by atomic mass is 10.2. The Morgan fingerprint density at radius 1 is 1.29 bits per heavy atom. The summed E-state index contributed by atoms with van der Waals surface area (Å²) in [7, 11) is 0. The van der Waals surface area contributed by atoms with Crippen molar-refractivity contribution in [1.82, 2.24) is 4.98 Å². The molecule has 5 heteroatoms. The summed E-state index contributed by atoms with van der Waals surface area (Å²) in [6, 6.07) is 7.94. The number of hydrogen-bond donors (Lipinski definition) is 2. The number of nitrogens with one attached hydrogen (secondary N) is 1. The molecule has 0 radical (unpaired) electrons. The number of aromatic amines is 1. The van der Waals surface area contributed by atoms with Gasteiger partial charge in [-0.25, -0.2) is 0 Å². The average Bonchev–Trinajstić information content (AvgIpc) is 2.47. The molecule has 0 atom stereocenters. The van der Waals surface area contributed by atoms with Gasteiger partial charge >= 0.3 is 0 Å². The molecule has 1 aromatic carbocycles. The van der Waals surface area contributed by atoms with E-state index in [0.29, 0.717) is 3.95 Å². The average molecular weight is 287 g/mol. The van der Waals surface area contributed by atoms with Gasteiger partial charge in [0.15, 0.2) is 3.95 Å². The third-order valence-electron chi connectivity index (χ3n) is 1.81. The van der Waals surface area contributed by atoms with Crippen LogP contribution in [0.5, 0.6) is 0 Å². The monoisotopic (exact) mass is 286 g/mol. The fourth-order valence-corrected chi connectivity index (χ4v) is 2.43. The lowest BCUT2D eigenvalue weighted by molar-refractivity contribution is 1.39. The summed E-state index contributed by atoms with van der Waals surface area (Å²) in [6.45, 7) is 0. The fourth-order valence-electron chi connectivity index (χ4n) is 1.17. The highest BCUT2D eigenvalue weighted by Gasteiger charge is 2.04. The second-order valence-corrected chi connectivity index (χ2v) is 5.40. The molecule has 0 amide bonds. The molecule has 72 valence electrons. The van der Waals surface area contributed by atoms with Crippen LogP contribution in [0.25, 0.3) is 11.3 Å². The molecule has 2 nitrogen and oxygen atoms in total. The first kappa shape index (κ1) is 9.89. The molecular formula is C9H7BrN2S2. The summed E-state index contributed by atoms with van der Waals surface area (Å²) < 4.78 is 1.76. The van der Waals surface area contributed by atoms with Crippen LogP contribution in [0.4, 0.5) is 5.00 Å². The lowest BCUT2D eigenvalue weighted by Crippen LogP contribution is -1.85. The topological polar surface area (TPSA) is 41.8 Å². The number of hydrogen-bond acceptors (Lipinski definition) is 3. The van der Waals surface area contributed by atoms with Crippen molar-refractivity contribution in [2.45, 2.75) is 0 Å². The Morgan fingerprint density at radius 2 is 1.93 bits per heavy atom. The summed E-state index contributed by atoms with van der Waals surface area (Å²) in [4.78, 5) is 3.07. The van der Waals surface area contributed by atoms with Crippen LogP contribution in [0.2, 0.25) is 0 Å². The predicted molar refractivity (Wildman–Crippen MR) is 67.1 cm³/mol. The number of aromatic nitrogens is 1. The van der Waals surface area contributed by atoms with Crippen LogP contribution >= 0.6 is 39.5 Å². The van der Waals surface area contributed by atoms with Gasteiger partial charge < -0.3 is 10.7 Å². The zero-order valence-corrected chi connectivity index (χ0v) is 10.3. The Bertz CT molecular complexity index is 498. The van der Waals surface area contributed by atoms with Crippen LogP contribution in [-0.4, -0.2) is 4.98 Å². The number of thiazole rings is 1. The number of anilines is 1. The SMILES string of the molecule is Nc1sc(=S)[nH]c1-c1ccc(Br)cc1. The van der Waals surface area contributed by atoms with Crippen molar-refractivity contribution in [2.75, 3.05) is 5.73 Å². The molecule has 0 unspecified atom stereocenters. The van der Waals surface area contributed by atoms with Gasteiger partial charge in [-0.2, -0.15) is 0 Å². The number of H-pyrrole nitrogens is 1. The van der Waals surface area contributed by atoms with Gasteiger partial charge in [-0.1, -0.05) is 39.4 Å². The zero-order valence-electron chi connectivity index (χ0n) is 7.08. The van der Waals surface area contributed by atoms with Crippen LogP contribution in [0.3, 0.4) is 0 Å². The van der Waals surface area contributed by atoms with Gasteiger partial charge in [0.2, 0.25) is 0 Å². The van der Waals surface area contributed by atoms with Crippen molar-refractivity contribution in [3.8, 4) is 11.3 Å². The second kappa shape index (κ2) is 3.84. The van der Waals surface area contributed by atoms with E-state index in [4.69, 9.17) is 18.0 Å². The standard InChI is InChI=1S/C9H7BrN2S2/c10-6-3-1-5(2-4-6)7-8(11)14-9(13)12-7/h1-4H,11H2,(H,12,13). The molecule has 0 fully saturated rings. The normalized spacial score (nSPS) is 10.4. The maximum absolute atomic E-state index is 5.82. The van der Waals surface area contributed by atoms with Crippen molar-refractivity contribution in [3.05, 3.63) is 32.7 Å². The molecule has 0 aliphatic heterocycles. The zero-order chi connectivity index (χ0) is 10.1. The van der Waals surface area contributed by atoms with Gasteiger partial charge in [0.25, 0.3) is 0 Å². The number of benzene rings is 1. The number of nitrogens with two attached hydrogens (primary N) is 1. The molecule has 1 heterocycles. The first-order valence-corrected chi connectivity index (χ1v) is 5.93. The van der Waals surface area contributed by atoms with Crippen LogP contribution in [0.1, 0.15) is 0 Å². The molecule has 2 rings (SSSR count). The van der Waals surface area contributed by atoms with Crippen molar-refractivity contribution in [2.24, 2.45) is 0 Å². The summed E-state index contributed by atoms with van der Waals surface area (Å²) in [5.74, 6) is 0. The van der Waals surface area contributed by atoms with E-state index in [9.17, 15) is 0 Å². The molecule has 14 heavy (non-hydrogen) atoms. The molecule has 0 bridgehead atoms. The van der Waals surface area contributed by atoms with E-state index < -0.39 is 0 Å². The highest BCUT2D eigenvalue weighted by Crippen LogP contribution is 2.29. The Morgan fingerprint density at radius 3 is 2.43 bits per heavy atom. The lowest BCUT2D eigenvalue weighted by Gasteiger charge is -1.98. The van der Waals surface area contributed by atoms with Gasteiger partial charge in [-0.3, -0.25) is 0 Å². The maximum Gasteiger partial charge on any atom is 0.160 e. The first-order valence-electron chi connectivity index (χ1n) is 3.91. The van der Waals surface area contributed by atoms with Gasteiger partial charge in [0.05, 0.1) is 5.69 Å². The van der Waals surface area contributed by atoms with Gasteiger partial charge in [-0.15, -0.1) is 0 Å². The summed E-state index contributed by atoms with van der Waals surface area (Å²) in [5, 5.41) is 0.734. The van der Waals surface area contributed by atoms with E-state index in [0.717, 1.165) is 20.7 Å². The Balaban J connectivity index is 2.54. The molecule has 3 N–H and O–H groups in total. The predicted octanol–water partition coefficient (Wildman–Crippen LogP) is 3.82. The van der Waals surface area contributed by atoms with E-state index in [1.54, 1.807) is 0 Å². The Kier molecular flexibility index (Phi) is 2.71. The van der Waals surface area contributed by atoms with Crippen LogP contribution in [0, 0.1) is 3.95 Å². The molecule has 2 aromatic rings. The van der Waals surface area contributed by atoms with Gasteiger partial charge in [0, 0.05) is 10.0 Å². The van der Waals surface area contributed by atoms with Crippen LogP contribution in [-0.2, 0) is 0 Å². The number of nitrogen functional groups attached to an aromatic ring is 1. The first-order chi connectivity index (χ1) is 6.66. The van der Waals surface area contributed by atoms with E-state index in [1.807, 2.05) is 24.3 Å². The van der Waals surface area contributed by atoms with E-state index in [-0.39, 0.29) is 0 Å². The third kappa shape index (κ3) is 1.89. The number of halogens is 1. The molecule has 0 aliphatic carbocycles. The summed E-state index contributed by atoms with van der Waals surface area (Å²) in [6.07, 6.45) is 0. The Hall–Kier alpha value is -0.650.